The van der Waals surface area contributed by atoms with E-state index in [0.29, 0.717) is 15.8 Å². The van der Waals surface area contributed by atoms with E-state index in [2.05, 4.69) is 10.1 Å². The number of nitrogens with zero attached hydrogens (tertiary/aromatic N) is 5. The first-order valence-electron chi connectivity index (χ1n) is 11.0. The van der Waals surface area contributed by atoms with Gasteiger partial charge in [0.05, 0.1) is 19.1 Å². The van der Waals surface area contributed by atoms with Gasteiger partial charge in [-0.1, -0.05) is 0 Å². The predicted octanol–water partition coefficient (Wildman–Crippen LogP) is 3.61. The molecule has 0 spiro atoms. The summed E-state index contributed by atoms with van der Waals surface area (Å²) in [4.78, 5) is 32.8. The summed E-state index contributed by atoms with van der Waals surface area (Å²) in [6, 6.07) is 11.8. The molecule has 12 heteroatoms. The second-order valence-corrected chi connectivity index (χ2v) is 8.11. The molecule has 4 aromatic rings. The fraction of sp³-hybridized carbons (Fsp3) is 0.250. The average molecular weight is 499 g/mol. The number of alkyl halides is 3. The quantitative estimate of drug-likeness (QED) is 0.426. The van der Waals surface area contributed by atoms with E-state index in [1.165, 1.54) is 24.3 Å². The third-order valence-electron chi connectivity index (χ3n) is 5.91. The predicted molar refractivity (Wildman–Crippen MR) is 120 cm³/mol. The van der Waals surface area contributed by atoms with Crippen LogP contribution >= 0.6 is 0 Å². The molecule has 0 bridgehead atoms. The van der Waals surface area contributed by atoms with Gasteiger partial charge in [-0.15, -0.1) is 0 Å². The Bertz CT molecular complexity index is 1410. The summed E-state index contributed by atoms with van der Waals surface area (Å²) in [7, 11) is 1.49. The topological polar surface area (TPSA) is 93.2 Å². The molecular weight excluding hydrogens is 479 g/mol. The molecule has 36 heavy (non-hydrogen) atoms. The summed E-state index contributed by atoms with van der Waals surface area (Å²) < 4.78 is 52.5. The highest BCUT2D eigenvalue weighted by Gasteiger charge is 2.36. The van der Waals surface area contributed by atoms with Crippen LogP contribution in [0.25, 0.3) is 16.9 Å². The highest BCUT2D eigenvalue weighted by Crippen LogP contribution is 2.33. The van der Waals surface area contributed by atoms with Crippen molar-refractivity contribution in [1.82, 2.24) is 24.4 Å². The number of piperazine rings is 1. The van der Waals surface area contributed by atoms with E-state index in [1.54, 1.807) is 41.3 Å². The molecule has 1 saturated heterocycles. The minimum Gasteiger partial charge on any atom is -0.497 e. The highest BCUT2D eigenvalue weighted by atomic mass is 19.4. The first-order valence-corrected chi connectivity index (χ1v) is 11.0. The number of ether oxygens (including phenoxy) is 1. The number of fused-ring (bicyclic) bond motifs is 1. The number of rotatable bonds is 4. The Labute approximate surface area is 202 Å². The third kappa shape index (κ3) is 4.37. The van der Waals surface area contributed by atoms with Gasteiger partial charge < -0.3 is 19.0 Å². The summed E-state index contributed by atoms with van der Waals surface area (Å²) >= 11 is 0. The molecule has 0 unspecified atom stereocenters. The molecule has 186 valence electrons. The molecule has 0 saturated carbocycles. The lowest BCUT2D eigenvalue weighted by Crippen LogP contribution is -2.50. The Kier molecular flexibility index (Phi) is 5.86. The lowest BCUT2D eigenvalue weighted by molar-refractivity contribution is -0.142. The van der Waals surface area contributed by atoms with E-state index in [1.807, 2.05) is 0 Å². The SMILES string of the molecule is COc1ccc(-c2cc(C(F)(F)F)n3nc(C(=O)N4CCN(C(=O)c5ccco5)CC4)cc3n2)cc1. The molecule has 1 aliphatic rings. The molecule has 0 N–H and O–H groups in total. The second kappa shape index (κ2) is 9.02. The summed E-state index contributed by atoms with van der Waals surface area (Å²) in [5, 5.41) is 3.94. The van der Waals surface area contributed by atoms with Crippen molar-refractivity contribution in [3.8, 4) is 17.0 Å². The molecule has 3 aromatic heterocycles. The van der Waals surface area contributed by atoms with Crippen LogP contribution in [0, 0.1) is 0 Å². The average Bonchev–Trinajstić information content (AvgIpc) is 3.57. The molecule has 1 aliphatic heterocycles. The number of carbonyl (C=O) groups excluding carboxylic acids is 2. The highest BCUT2D eigenvalue weighted by molar-refractivity contribution is 5.94. The Balaban J connectivity index is 1.41. The Morgan fingerprint density at radius 1 is 0.972 bits per heavy atom. The largest absolute Gasteiger partial charge is 0.497 e. The van der Waals surface area contributed by atoms with Crippen molar-refractivity contribution in [2.75, 3.05) is 33.3 Å². The number of amides is 2. The van der Waals surface area contributed by atoms with Gasteiger partial charge >= 0.3 is 6.18 Å². The van der Waals surface area contributed by atoms with Gasteiger partial charge in [0, 0.05) is 37.8 Å². The zero-order valence-corrected chi connectivity index (χ0v) is 19.0. The van der Waals surface area contributed by atoms with Crippen LogP contribution in [-0.4, -0.2) is 69.5 Å². The lowest BCUT2D eigenvalue weighted by Gasteiger charge is -2.33. The molecular formula is C24H20F3N5O4. The fourth-order valence-electron chi connectivity index (χ4n) is 4.02. The first kappa shape index (κ1) is 23.4. The summed E-state index contributed by atoms with van der Waals surface area (Å²) in [5.74, 6) is -0.0674. The maximum atomic E-state index is 13.9. The number of methoxy groups -OCH3 is 1. The molecule has 5 rings (SSSR count). The van der Waals surface area contributed by atoms with Crippen molar-refractivity contribution in [3.05, 3.63) is 71.9 Å². The van der Waals surface area contributed by atoms with Gasteiger partial charge in [-0.2, -0.15) is 18.3 Å². The Hall–Kier alpha value is -4.35. The van der Waals surface area contributed by atoms with E-state index in [9.17, 15) is 22.8 Å². The van der Waals surface area contributed by atoms with E-state index in [4.69, 9.17) is 9.15 Å². The van der Waals surface area contributed by atoms with Crippen LogP contribution in [0.15, 0.2) is 59.2 Å². The van der Waals surface area contributed by atoms with Crippen LogP contribution in [0.4, 0.5) is 13.2 Å². The van der Waals surface area contributed by atoms with Gasteiger partial charge in [0.25, 0.3) is 11.8 Å². The van der Waals surface area contributed by atoms with Crippen molar-refractivity contribution in [1.29, 1.82) is 0 Å². The fourth-order valence-corrected chi connectivity index (χ4v) is 4.02. The Morgan fingerprint density at radius 2 is 1.64 bits per heavy atom. The first-order chi connectivity index (χ1) is 17.2. The molecule has 1 fully saturated rings. The number of aromatic nitrogens is 3. The van der Waals surface area contributed by atoms with Gasteiger partial charge in [0.2, 0.25) is 0 Å². The van der Waals surface area contributed by atoms with Crippen molar-refractivity contribution in [3.63, 3.8) is 0 Å². The molecule has 0 atom stereocenters. The van der Waals surface area contributed by atoms with E-state index < -0.39 is 17.8 Å². The van der Waals surface area contributed by atoms with Crippen LogP contribution < -0.4 is 4.74 Å². The van der Waals surface area contributed by atoms with Gasteiger partial charge in [-0.05, 0) is 42.5 Å². The van der Waals surface area contributed by atoms with Crippen LogP contribution in [0.1, 0.15) is 26.7 Å². The Morgan fingerprint density at radius 3 is 2.22 bits per heavy atom. The number of benzene rings is 1. The summed E-state index contributed by atoms with van der Waals surface area (Å²) in [6.07, 6.45) is -3.33. The lowest BCUT2D eigenvalue weighted by atomic mass is 10.1. The number of furan rings is 1. The van der Waals surface area contributed by atoms with E-state index in [0.717, 1.165) is 6.07 Å². The van der Waals surface area contributed by atoms with Crippen molar-refractivity contribution in [2.45, 2.75) is 6.18 Å². The van der Waals surface area contributed by atoms with Crippen molar-refractivity contribution in [2.24, 2.45) is 0 Å². The van der Waals surface area contributed by atoms with Crippen LogP contribution in [0.3, 0.4) is 0 Å². The summed E-state index contributed by atoms with van der Waals surface area (Å²) in [6.45, 7) is 0.921. The van der Waals surface area contributed by atoms with E-state index >= 15 is 0 Å². The summed E-state index contributed by atoms with van der Waals surface area (Å²) in [5.41, 5.74) is -0.779. The van der Waals surface area contributed by atoms with Gasteiger partial charge in [0.15, 0.2) is 22.8 Å². The number of hydrogen-bond donors (Lipinski definition) is 0. The van der Waals surface area contributed by atoms with Crippen LogP contribution in [0.2, 0.25) is 0 Å². The monoisotopic (exact) mass is 499 g/mol. The number of hydrogen-bond acceptors (Lipinski definition) is 6. The second-order valence-electron chi connectivity index (χ2n) is 8.11. The smallest absolute Gasteiger partial charge is 0.433 e. The van der Waals surface area contributed by atoms with E-state index in [-0.39, 0.29) is 54.9 Å². The van der Waals surface area contributed by atoms with Gasteiger partial charge in [-0.3, -0.25) is 9.59 Å². The number of carbonyl (C=O) groups is 2. The standard InChI is InChI=1S/C24H20F3N5O4/c1-35-16-6-4-15(5-7-16)17-13-20(24(25,26)27)32-21(28-17)14-18(29-32)22(33)30-8-10-31(11-9-30)23(34)19-3-2-12-36-19/h2-7,12-14H,8-11H2,1H3. The molecule has 9 nitrogen and oxygen atoms in total. The third-order valence-corrected chi connectivity index (χ3v) is 5.91. The van der Waals surface area contributed by atoms with Crippen LogP contribution in [0.5, 0.6) is 5.75 Å². The molecule has 1 aromatic carbocycles. The molecule has 0 aliphatic carbocycles. The number of halogens is 3. The maximum absolute atomic E-state index is 13.9. The van der Waals surface area contributed by atoms with Crippen LogP contribution in [-0.2, 0) is 6.18 Å². The minimum absolute atomic E-state index is 0.0847. The van der Waals surface area contributed by atoms with Gasteiger partial charge in [-0.25, -0.2) is 9.50 Å². The van der Waals surface area contributed by atoms with Gasteiger partial charge in [0.1, 0.15) is 5.75 Å². The van der Waals surface area contributed by atoms with Crippen molar-refractivity contribution < 1.29 is 31.9 Å². The maximum Gasteiger partial charge on any atom is 0.433 e. The van der Waals surface area contributed by atoms with Crippen molar-refractivity contribution >= 4 is 17.5 Å². The molecule has 2 amide bonds. The minimum atomic E-state index is -4.73. The zero-order chi connectivity index (χ0) is 25.4. The molecule has 4 heterocycles. The normalized spacial score (nSPS) is 14.3. The zero-order valence-electron chi connectivity index (χ0n) is 19.0. The molecule has 0 radical (unpaired) electrons.